The van der Waals surface area contributed by atoms with E-state index >= 15 is 0 Å². The molecule has 0 aliphatic heterocycles. The lowest BCUT2D eigenvalue weighted by Gasteiger charge is -2.33. The van der Waals surface area contributed by atoms with Crippen molar-refractivity contribution in [2.45, 2.75) is 17.7 Å². The zero-order valence-electron chi connectivity index (χ0n) is 17.4. The SMILES string of the molecule is C=CCOC(=O)NC[C@@H](CNC(=O)[C@](OC)(c1ccccc1)C(F)(F)F)c1cccnc1. The van der Waals surface area contributed by atoms with E-state index in [-0.39, 0.29) is 25.3 Å². The fourth-order valence-electron chi connectivity index (χ4n) is 3.08. The van der Waals surface area contributed by atoms with E-state index in [0.717, 1.165) is 7.11 Å². The maximum Gasteiger partial charge on any atom is 0.430 e. The molecule has 7 nitrogen and oxygen atoms in total. The maximum atomic E-state index is 14.1. The van der Waals surface area contributed by atoms with Crippen molar-refractivity contribution in [1.29, 1.82) is 0 Å². The number of benzene rings is 1. The molecule has 1 heterocycles. The first-order valence-corrected chi connectivity index (χ1v) is 9.63. The summed E-state index contributed by atoms with van der Waals surface area (Å²) in [7, 11) is 0.829. The Hall–Kier alpha value is -3.40. The number of pyridine rings is 1. The lowest BCUT2D eigenvalue weighted by atomic mass is 9.91. The molecule has 1 aromatic heterocycles. The van der Waals surface area contributed by atoms with Gasteiger partial charge in [0, 0.05) is 44.1 Å². The van der Waals surface area contributed by atoms with Crippen molar-refractivity contribution in [2.24, 2.45) is 0 Å². The molecule has 0 unspecified atom stereocenters. The van der Waals surface area contributed by atoms with Crippen LogP contribution < -0.4 is 10.6 Å². The van der Waals surface area contributed by atoms with Gasteiger partial charge in [-0.1, -0.05) is 49.1 Å². The molecule has 1 aromatic carbocycles. The molecular formula is C22H24F3N3O4. The van der Waals surface area contributed by atoms with E-state index in [2.05, 4.69) is 22.2 Å². The molecule has 2 aromatic rings. The highest BCUT2D eigenvalue weighted by Crippen LogP contribution is 2.42. The summed E-state index contributed by atoms with van der Waals surface area (Å²) in [4.78, 5) is 28.6. The first-order chi connectivity index (χ1) is 15.3. The Balaban J connectivity index is 2.23. The zero-order chi connectivity index (χ0) is 23.6. The third-order valence-electron chi connectivity index (χ3n) is 4.70. The average molecular weight is 451 g/mol. The van der Waals surface area contributed by atoms with Gasteiger partial charge in [0.1, 0.15) is 6.61 Å². The van der Waals surface area contributed by atoms with Crippen molar-refractivity contribution in [2.75, 3.05) is 26.8 Å². The first-order valence-electron chi connectivity index (χ1n) is 9.63. The molecule has 0 aliphatic carbocycles. The predicted molar refractivity (Wildman–Crippen MR) is 111 cm³/mol. The number of nitrogens with zero attached hydrogens (tertiary/aromatic N) is 1. The molecule has 0 saturated heterocycles. The molecule has 0 saturated carbocycles. The number of alkyl carbamates (subject to hydrolysis) is 1. The van der Waals surface area contributed by atoms with Crippen LogP contribution >= 0.6 is 0 Å². The van der Waals surface area contributed by atoms with Crippen molar-refractivity contribution in [3.63, 3.8) is 0 Å². The fraction of sp³-hybridized carbons (Fsp3) is 0.318. The van der Waals surface area contributed by atoms with Gasteiger partial charge < -0.3 is 20.1 Å². The van der Waals surface area contributed by atoms with Crippen LogP contribution in [0.5, 0.6) is 0 Å². The smallest absolute Gasteiger partial charge is 0.430 e. The summed E-state index contributed by atoms with van der Waals surface area (Å²) in [5.74, 6) is -1.95. The molecule has 10 heteroatoms. The number of methoxy groups -OCH3 is 1. The normalized spacial score (nSPS) is 14.0. The van der Waals surface area contributed by atoms with Crippen molar-refractivity contribution in [3.8, 4) is 0 Å². The Bertz CT molecular complexity index is 894. The van der Waals surface area contributed by atoms with Crippen molar-refractivity contribution in [3.05, 3.63) is 78.6 Å². The lowest BCUT2D eigenvalue weighted by Crippen LogP contribution is -2.56. The van der Waals surface area contributed by atoms with Gasteiger partial charge in [-0.25, -0.2) is 4.79 Å². The summed E-state index contributed by atoms with van der Waals surface area (Å²) in [6, 6.07) is 9.98. The Morgan fingerprint density at radius 2 is 1.81 bits per heavy atom. The van der Waals surface area contributed by atoms with E-state index < -0.39 is 29.7 Å². The number of halogens is 3. The number of aromatic nitrogens is 1. The number of nitrogens with one attached hydrogen (secondary N) is 2. The predicted octanol–water partition coefficient (Wildman–Crippen LogP) is 3.30. The second-order valence-corrected chi connectivity index (χ2v) is 6.71. The highest BCUT2D eigenvalue weighted by molar-refractivity contribution is 5.87. The van der Waals surface area contributed by atoms with Gasteiger partial charge in [-0.3, -0.25) is 9.78 Å². The summed E-state index contributed by atoms with van der Waals surface area (Å²) in [5.41, 5.74) is -2.94. The summed E-state index contributed by atoms with van der Waals surface area (Å²) in [6.45, 7) is 3.20. The number of hydrogen-bond acceptors (Lipinski definition) is 5. The van der Waals surface area contributed by atoms with Gasteiger partial charge in [-0.15, -0.1) is 0 Å². The summed E-state index contributed by atoms with van der Waals surface area (Å²) in [6.07, 6.45) is -1.33. The number of rotatable bonds is 10. The summed E-state index contributed by atoms with van der Waals surface area (Å²) >= 11 is 0. The van der Waals surface area contributed by atoms with Crippen LogP contribution in [0, 0.1) is 0 Å². The van der Waals surface area contributed by atoms with Crippen LogP contribution in [0.4, 0.5) is 18.0 Å². The van der Waals surface area contributed by atoms with Gasteiger partial charge in [-0.2, -0.15) is 13.2 Å². The van der Waals surface area contributed by atoms with Crippen molar-refractivity contribution < 1.29 is 32.2 Å². The Kier molecular flexibility index (Phi) is 8.77. The van der Waals surface area contributed by atoms with E-state index in [9.17, 15) is 22.8 Å². The highest BCUT2D eigenvalue weighted by atomic mass is 19.4. The van der Waals surface area contributed by atoms with Crippen LogP contribution in [0.3, 0.4) is 0 Å². The first kappa shape index (κ1) is 24.9. The minimum atomic E-state index is -5.02. The van der Waals surface area contributed by atoms with Gasteiger partial charge in [0.25, 0.3) is 11.5 Å². The van der Waals surface area contributed by atoms with Crippen LogP contribution in [0.1, 0.15) is 17.0 Å². The van der Waals surface area contributed by atoms with Gasteiger partial charge in [0.15, 0.2) is 0 Å². The van der Waals surface area contributed by atoms with Crippen LogP contribution in [0.15, 0.2) is 67.5 Å². The van der Waals surface area contributed by atoms with E-state index in [1.54, 1.807) is 12.1 Å². The van der Waals surface area contributed by atoms with Crippen LogP contribution in [0.2, 0.25) is 0 Å². The van der Waals surface area contributed by atoms with E-state index in [1.165, 1.54) is 48.8 Å². The Morgan fingerprint density at radius 3 is 2.38 bits per heavy atom. The van der Waals surface area contributed by atoms with Gasteiger partial charge in [0.05, 0.1) is 0 Å². The van der Waals surface area contributed by atoms with E-state index in [0.29, 0.717) is 5.56 Å². The molecule has 0 bridgehead atoms. The van der Waals surface area contributed by atoms with E-state index in [1.807, 2.05) is 0 Å². The van der Waals surface area contributed by atoms with Crippen molar-refractivity contribution in [1.82, 2.24) is 15.6 Å². The third kappa shape index (κ3) is 5.85. The molecule has 0 aliphatic rings. The number of carbonyl (C=O) groups excluding carboxylic acids is 2. The molecular weight excluding hydrogens is 427 g/mol. The monoisotopic (exact) mass is 451 g/mol. The molecule has 0 spiro atoms. The van der Waals surface area contributed by atoms with Crippen molar-refractivity contribution >= 4 is 12.0 Å². The molecule has 0 fully saturated rings. The largest absolute Gasteiger partial charge is 0.445 e. The molecule has 32 heavy (non-hydrogen) atoms. The summed E-state index contributed by atoms with van der Waals surface area (Å²) in [5, 5.41) is 4.84. The number of ether oxygens (including phenoxy) is 2. The number of hydrogen-bond donors (Lipinski definition) is 2. The minimum Gasteiger partial charge on any atom is -0.445 e. The third-order valence-corrected chi connectivity index (χ3v) is 4.70. The zero-order valence-corrected chi connectivity index (χ0v) is 17.4. The standard InChI is InChI=1S/C22H24F3N3O4/c1-3-12-32-20(30)28-15-17(16-8-7-11-26-13-16)14-27-19(29)21(31-2,22(23,24)25)18-9-5-4-6-10-18/h3-11,13,17H,1,12,14-15H2,2H3,(H,27,29)(H,28,30)/t17-,21-/m1/s1. The highest BCUT2D eigenvalue weighted by Gasteiger charge is 2.62. The second kappa shape index (κ2) is 11.3. The maximum absolute atomic E-state index is 14.1. The van der Waals surface area contributed by atoms with Gasteiger partial charge in [-0.05, 0) is 11.6 Å². The fourth-order valence-corrected chi connectivity index (χ4v) is 3.08. The number of carbonyl (C=O) groups is 2. The Labute approximate surface area is 183 Å². The lowest BCUT2D eigenvalue weighted by molar-refractivity contribution is -0.265. The molecule has 2 amide bonds. The summed E-state index contributed by atoms with van der Waals surface area (Å²) < 4.78 is 51.8. The average Bonchev–Trinajstić information content (AvgIpc) is 2.79. The van der Waals surface area contributed by atoms with Gasteiger partial charge >= 0.3 is 12.3 Å². The minimum absolute atomic E-state index is 0.000848. The molecule has 2 rings (SSSR count). The molecule has 2 atom stereocenters. The van der Waals surface area contributed by atoms with Gasteiger partial charge in [0.2, 0.25) is 0 Å². The quantitative estimate of drug-likeness (QED) is 0.541. The van der Waals surface area contributed by atoms with E-state index in [4.69, 9.17) is 9.47 Å². The topological polar surface area (TPSA) is 89.6 Å². The van der Waals surface area contributed by atoms with Crippen LogP contribution in [0.25, 0.3) is 0 Å². The second-order valence-electron chi connectivity index (χ2n) is 6.71. The molecule has 2 N–H and O–H groups in total. The van der Waals surface area contributed by atoms with Crippen LogP contribution in [-0.2, 0) is 19.9 Å². The Morgan fingerprint density at radius 1 is 1.12 bits per heavy atom. The molecule has 0 radical (unpaired) electrons. The number of amides is 2. The molecule has 172 valence electrons. The number of alkyl halides is 3. The van der Waals surface area contributed by atoms with Crippen LogP contribution in [-0.4, -0.2) is 50.0 Å².